The molecule has 5 nitrogen and oxygen atoms in total. The molecule has 1 aromatic heterocycles. The molecule has 0 spiro atoms. The standard InChI is InChI=1S/C15H14Cl2O5S2/c1-2-5-22-15(19)10-4-3-9(6-12(10)18)8-24(20,21)13-7-11(16)14(17)23-13/h3-4,6-7,18H,2,5,8H2,1H3. The van der Waals surface area contributed by atoms with Crippen molar-refractivity contribution in [3.63, 3.8) is 0 Å². The molecule has 9 heteroatoms. The lowest BCUT2D eigenvalue weighted by Gasteiger charge is -2.07. The molecular weight excluding hydrogens is 395 g/mol. The van der Waals surface area contributed by atoms with Crippen LogP contribution in [0.3, 0.4) is 0 Å². The number of carbonyl (C=O) groups excluding carboxylic acids is 1. The summed E-state index contributed by atoms with van der Waals surface area (Å²) in [5.41, 5.74) is 0.326. The van der Waals surface area contributed by atoms with Crippen LogP contribution < -0.4 is 0 Å². The Balaban J connectivity index is 2.21. The number of ether oxygens (including phenoxy) is 1. The molecule has 130 valence electrons. The van der Waals surface area contributed by atoms with Crippen molar-refractivity contribution in [3.05, 3.63) is 44.8 Å². The van der Waals surface area contributed by atoms with Gasteiger partial charge in [0.2, 0.25) is 0 Å². The van der Waals surface area contributed by atoms with E-state index in [0.717, 1.165) is 11.3 Å². The normalized spacial score (nSPS) is 11.5. The fraction of sp³-hybridized carbons (Fsp3) is 0.267. The zero-order valence-electron chi connectivity index (χ0n) is 12.6. The molecule has 0 atom stereocenters. The van der Waals surface area contributed by atoms with E-state index in [1.54, 1.807) is 0 Å². The van der Waals surface area contributed by atoms with Crippen molar-refractivity contribution < 1.29 is 23.1 Å². The number of rotatable bonds is 6. The smallest absolute Gasteiger partial charge is 0.341 e. The van der Waals surface area contributed by atoms with Crippen LogP contribution in [0.2, 0.25) is 9.36 Å². The number of esters is 1. The summed E-state index contributed by atoms with van der Waals surface area (Å²) < 4.78 is 29.9. The van der Waals surface area contributed by atoms with Gasteiger partial charge >= 0.3 is 5.97 Å². The molecule has 0 saturated heterocycles. The molecule has 0 fully saturated rings. The fourth-order valence-corrected chi connectivity index (χ4v) is 5.18. The maximum absolute atomic E-state index is 12.4. The van der Waals surface area contributed by atoms with Gasteiger partial charge in [-0.3, -0.25) is 0 Å². The molecule has 0 aliphatic rings. The quantitative estimate of drug-likeness (QED) is 0.720. The highest BCUT2D eigenvalue weighted by atomic mass is 35.5. The first-order valence-corrected chi connectivity index (χ1v) is 10.1. The molecule has 0 amide bonds. The van der Waals surface area contributed by atoms with E-state index in [-0.39, 0.29) is 37.2 Å². The molecule has 0 radical (unpaired) electrons. The maximum Gasteiger partial charge on any atom is 0.341 e. The van der Waals surface area contributed by atoms with Gasteiger partial charge in [-0.15, -0.1) is 11.3 Å². The first-order valence-electron chi connectivity index (χ1n) is 6.91. The third-order valence-electron chi connectivity index (χ3n) is 3.01. The number of phenolic OH excluding ortho intramolecular Hbond substituents is 1. The van der Waals surface area contributed by atoms with Gasteiger partial charge in [0.15, 0.2) is 9.84 Å². The van der Waals surface area contributed by atoms with E-state index in [9.17, 15) is 18.3 Å². The number of phenols is 1. The zero-order chi connectivity index (χ0) is 17.9. The summed E-state index contributed by atoms with van der Waals surface area (Å²) in [5, 5.41) is 10.1. The number of aromatic hydroxyl groups is 1. The van der Waals surface area contributed by atoms with Gasteiger partial charge in [-0.1, -0.05) is 36.2 Å². The zero-order valence-corrected chi connectivity index (χ0v) is 15.7. The van der Waals surface area contributed by atoms with Gasteiger partial charge in [-0.2, -0.15) is 0 Å². The van der Waals surface area contributed by atoms with Crippen LogP contribution >= 0.6 is 34.5 Å². The summed E-state index contributed by atoms with van der Waals surface area (Å²) in [6.07, 6.45) is 0.661. The molecule has 2 aromatic rings. The van der Waals surface area contributed by atoms with Crippen molar-refractivity contribution in [2.24, 2.45) is 0 Å². The van der Waals surface area contributed by atoms with Gasteiger partial charge in [0.25, 0.3) is 0 Å². The second-order valence-electron chi connectivity index (χ2n) is 4.93. The number of carbonyl (C=O) groups is 1. The number of hydrogen-bond acceptors (Lipinski definition) is 6. The number of hydrogen-bond donors (Lipinski definition) is 1. The van der Waals surface area contributed by atoms with E-state index >= 15 is 0 Å². The van der Waals surface area contributed by atoms with Crippen LogP contribution in [-0.2, 0) is 20.3 Å². The lowest BCUT2D eigenvalue weighted by molar-refractivity contribution is 0.0502. The van der Waals surface area contributed by atoms with Gasteiger partial charge in [0.05, 0.1) is 17.4 Å². The van der Waals surface area contributed by atoms with Crippen LogP contribution in [0.25, 0.3) is 0 Å². The fourth-order valence-electron chi connectivity index (χ4n) is 1.88. The van der Waals surface area contributed by atoms with Crippen molar-refractivity contribution in [2.45, 2.75) is 23.3 Å². The molecule has 0 aliphatic heterocycles. The molecule has 1 heterocycles. The van der Waals surface area contributed by atoms with Crippen LogP contribution in [-0.4, -0.2) is 26.1 Å². The van der Waals surface area contributed by atoms with Crippen molar-refractivity contribution in [2.75, 3.05) is 6.61 Å². The molecule has 2 rings (SSSR count). The SMILES string of the molecule is CCCOC(=O)c1ccc(CS(=O)(=O)c2cc(Cl)c(Cl)s2)cc1O. The van der Waals surface area contributed by atoms with E-state index < -0.39 is 15.8 Å². The largest absolute Gasteiger partial charge is 0.507 e. The van der Waals surface area contributed by atoms with Gasteiger partial charge in [-0.05, 0) is 30.2 Å². The predicted molar refractivity (Wildman–Crippen MR) is 93.9 cm³/mol. The summed E-state index contributed by atoms with van der Waals surface area (Å²) >= 11 is 12.4. The minimum atomic E-state index is -3.66. The first kappa shape index (κ1) is 19.1. The minimum Gasteiger partial charge on any atom is -0.507 e. The molecule has 1 aromatic carbocycles. The minimum absolute atomic E-state index is 0.00758. The summed E-state index contributed by atoms with van der Waals surface area (Å²) in [7, 11) is -3.66. The van der Waals surface area contributed by atoms with E-state index in [2.05, 4.69) is 0 Å². The monoisotopic (exact) mass is 408 g/mol. The Morgan fingerprint density at radius 1 is 1.29 bits per heavy atom. The van der Waals surface area contributed by atoms with E-state index in [1.807, 2.05) is 6.92 Å². The number of sulfone groups is 1. The highest BCUT2D eigenvalue weighted by Crippen LogP contribution is 2.35. The third-order valence-corrected chi connectivity index (χ3v) is 7.12. The van der Waals surface area contributed by atoms with Crippen molar-refractivity contribution in [1.82, 2.24) is 0 Å². The molecule has 24 heavy (non-hydrogen) atoms. The van der Waals surface area contributed by atoms with Crippen LogP contribution in [0.5, 0.6) is 5.75 Å². The molecule has 1 N–H and O–H groups in total. The topological polar surface area (TPSA) is 80.7 Å². The molecular formula is C15H14Cl2O5S2. The Morgan fingerprint density at radius 2 is 2.00 bits per heavy atom. The second-order valence-corrected chi connectivity index (χ2v) is 9.21. The van der Waals surface area contributed by atoms with E-state index in [1.165, 1.54) is 24.3 Å². The average molecular weight is 409 g/mol. The summed E-state index contributed by atoms with van der Waals surface area (Å²) in [5.74, 6) is -1.33. The Morgan fingerprint density at radius 3 is 2.54 bits per heavy atom. The first-order chi connectivity index (χ1) is 11.2. The van der Waals surface area contributed by atoms with Crippen molar-refractivity contribution in [1.29, 1.82) is 0 Å². The van der Waals surface area contributed by atoms with E-state index in [4.69, 9.17) is 27.9 Å². The van der Waals surface area contributed by atoms with Gasteiger partial charge < -0.3 is 9.84 Å². The lowest BCUT2D eigenvalue weighted by Crippen LogP contribution is -2.07. The number of benzene rings is 1. The highest BCUT2D eigenvalue weighted by Gasteiger charge is 2.21. The Bertz CT molecular complexity index is 839. The Hall–Kier alpha value is -1.28. The van der Waals surface area contributed by atoms with Gasteiger partial charge in [0, 0.05) is 0 Å². The average Bonchev–Trinajstić information content (AvgIpc) is 2.85. The van der Waals surface area contributed by atoms with Crippen LogP contribution in [0.15, 0.2) is 28.5 Å². The van der Waals surface area contributed by atoms with Crippen LogP contribution in [0.1, 0.15) is 29.3 Å². The second kappa shape index (κ2) is 7.74. The predicted octanol–water partition coefficient (Wildman–Crippen LogP) is 4.30. The van der Waals surface area contributed by atoms with Crippen LogP contribution in [0, 0.1) is 0 Å². The van der Waals surface area contributed by atoms with Crippen LogP contribution in [0.4, 0.5) is 0 Å². The van der Waals surface area contributed by atoms with Crippen molar-refractivity contribution in [3.8, 4) is 5.75 Å². The van der Waals surface area contributed by atoms with Gasteiger partial charge in [0.1, 0.15) is 19.9 Å². The van der Waals surface area contributed by atoms with Crippen molar-refractivity contribution >= 4 is 50.3 Å². The number of halogens is 2. The van der Waals surface area contributed by atoms with Gasteiger partial charge in [-0.25, -0.2) is 13.2 Å². The summed E-state index contributed by atoms with van der Waals surface area (Å²) in [4.78, 5) is 11.8. The number of thiophene rings is 1. The lowest BCUT2D eigenvalue weighted by atomic mass is 10.1. The molecule has 0 aliphatic carbocycles. The molecule has 0 saturated carbocycles. The third kappa shape index (κ3) is 4.42. The molecule has 0 unspecified atom stereocenters. The Labute approximate surface area is 153 Å². The summed E-state index contributed by atoms with van der Waals surface area (Å²) in [6, 6.07) is 5.32. The highest BCUT2D eigenvalue weighted by molar-refractivity contribution is 7.92. The summed E-state index contributed by atoms with van der Waals surface area (Å²) in [6.45, 7) is 2.10. The molecule has 0 bridgehead atoms. The maximum atomic E-state index is 12.4. The Kier molecular flexibility index (Phi) is 6.14. The van der Waals surface area contributed by atoms with E-state index in [0.29, 0.717) is 12.0 Å².